The van der Waals surface area contributed by atoms with Crippen LogP contribution >= 0.6 is 0 Å². The number of aliphatic hydroxyl groups excluding tert-OH is 1. The van der Waals surface area contributed by atoms with E-state index in [1.54, 1.807) is 36.4 Å². The molecule has 6 rings (SSSR count). The van der Waals surface area contributed by atoms with Crippen molar-refractivity contribution in [1.82, 2.24) is 9.80 Å². The maximum atomic E-state index is 13.0. The number of piperazine rings is 1. The molecule has 0 radical (unpaired) electrons. The number of nitrogens with one attached hydrogen (secondary N) is 1. The number of carbonyl (C=O) groups excluding carboxylic acids is 2. The number of nitro benzene ring substituents is 1. The fraction of sp³-hybridized carbons (Fsp3) is 0.429. The lowest BCUT2D eigenvalue weighted by Crippen LogP contribution is -2.49. The van der Waals surface area contributed by atoms with Gasteiger partial charge in [-0.25, -0.2) is 0 Å². The number of amides is 2. The van der Waals surface area contributed by atoms with Gasteiger partial charge in [-0.05, 0) is 48.2 Å². The fourth-order valence-electron chi connectivity index (χ4n) is 6.69. The number of carbonyl (C=O) groups is 2. The molecule has 2 N–H and O–H groups in total. The van der Waals surface area contributed by atoms with Crippen molar-refractivity contribution in [2.24, 2.45) is 0 Å². The zero-order chi connectivity index (χ0) is 35.4. The van der Waals surface area contributed by atoms with Gasteiger partial charge in [-0.15, -0.1) is 0 Å². The van der Waals surface area contributed by atoms with E-state index in [-0.39, 0.29) is 37.5 Å². The highest BCUT2D eigenvalue weighted by Gasteiger charge is 2.47. The summed E-state index contributed by atoms with van der Waals surface area (Å²) in [5.41, 5.74) is 3.74. The van der Waals surface area contributed by atoms with Crippen molar-refractivity contribution in [3.8, 4) is 0 Å². The quantitative estimate of drug-likeness (QED) is 0.235. The molecule has 3 aromatic carbocycles. The summed E-state index contributed by atoms with van der Waals surface area (Å²) in [4.78, 5) is 40.4. The standard InChI is InChI=1S/C35H38F3N5O7/c36-35(37,38)34(46)42-15-1-2-30(42)32(45)39-26-9-7-25(8-10-26)33-49-29(20-31(50-33)24-5-3-23(22-44)4-6-24)21-40-16-18-41(19-17-40)27-11-13-28(14-12-27)43(47)48/h3-14,29-31,33,44H,1-2,15-22H2,(H,39,45)/t29-,30+,31+,33+/m1/s1. The number of non-ortho nitro benzene ring substituents is 1. The normalized spacial score (nSPS) is 23.1. The smallest absolute Gasteiger partial charge is 0.392 e. The average Bonchev–Trinajstić information content (AvgIpc) is 3.62. The lowest BCUT2D eigenvalue weighted by atomic mass is 9.99. The van der Waals surface area contributed by atoms with E-state index < -0.39 is 35.2 Å². The minimum atomic E-state index is -5.05. The van der Waals surface area contributed by atoms with E-state index in [2.05, 4.69) is 15.1 Å². The summed E-state index contributed by atoms with van der Waals surface area (Å²) < 4.78 is 52.0. The number of hydrogen-bond donors (Lipinski definition) is 2. The van der Waals surface area contributed by atoms with Crippen molar-refractivity contribution in [1.29, 1.82) is 0 Å². The highest BCUT2D eigenvalue weighted by atomic mass is 19.4. The fourth-order valence-corrected chi connectivity index (χ4v) is 6.69. The lowest BCUT2D eigenvalue weighted by molar-refractivity contribution is -0.384. The van der Waals surface area contributed by atoms with Crippen LogP contribution in [0.4, 0.5) is 30.2 Å². The predicted octanol–water partition coefficient (Wildman–Crippen LogP) is 4.95. The van der Waals surface area contributed by atoms with Gasteiger partial charge < -0.3 is 29.7 Å². The van der Waals surface area contributed by atoms with Crippen LogP contribution in [0.2, 0.25) is 0 Å². The summed E-state index contributed by atoms with van der Waals surface area (Å²) in [6.07, 6.45) is -5.30. The van der Waals surface area contributed by atoms with E-state index in [9.17, 15) is 38.0 Å². The van der Waals surface area contributed by atoms with Crippen LogP contribution in [0.15, 0.2) is 72.8 Å². The van der Waals surface area contributed by atoms with Gasteiger partial charge in [-0.2, -0.15) is 13.2 Å². The first-order valence-electron chi connectivity index (χ1n) is 16.5. The van der Waals surface area contributed by atoms with E-state index in [4.69, 9.17) is 9.47 Å². The van der Waals surface area contributed by atoms with Gasteiger partial charge in [-0.3, -0.25) is 24.6 Å². The third-order valence-electron chi connectivity index (χ3n) is 9.38. The summed E-state index contributed by atoms with van der Waals surface area (Å²) in [6.45, 7) is 3.44. The average molecular weight is 698 g/mol. The van der Waals surface area contributed by atoms with E-state index in [1.165, 1.54) is 12.1 Å². The molecule has 50 heavy (non-hydrogen) atoms. The highest BCUT2D eigenvalue weighted by Crippen LogP contribution is 2.39. The summed E-state index contributed by atoms with van der Waals surface area (Å²) in [5.74, 6) is -2.70. The van der Waals surface area contributed by atoms with Crippen LogP contribution in [0.1, 0.15) is 48.3 Å². The molecule has 3 heterocycles. The Kier molecular flexibility index (Phi) is 10.7. The number of benzene rings is 3. The van der Waals surface area contributed by atoms with E-state index in [0.29, 0.717) is 35.5 Å². The van der Waals surface area contributed by atoms with E-state index in [0.717, 1.165) is 43.0 Å². The van der Waals surface area contributed by atoms with E-state index >= 15 is 0 Å². The van der Waals surface area contributed by atoms with Crippen LogP contribution in [0, 0.1) is 10.1 Å². The second kappa shape index (κ2) is 15.1. The highest BCUT2D eigenvalue weighted by molar-refractivity contribution is 5.98. The summed E-state index contributed by atoms with van der Waals surface area (Å²) in [5, 5.41) is 23.2. The molecule has 4 atom stereocenters. The molecule has 0 spiro atoms. The second-order valence-electron chi connectivity index (χ2n) is 12.7. The maximum absolute atomic E-state index is 13.0. The Bertz CT molecular complexity index is 1650. The molecule has 2 amide bonds. The molecule has 15 heteroatoms. The van der Waals surface area contributed by atoms with Crippen molar-refractivity contribution >= 4 is 28.9 Å². The number of ether oxygens (including phenoxy) is 2. The molecule has 0 bridgehead atoms. The van der Waals surface area contributed by atoms with Gasteiger partial charge in [0.2, 0.25) is 5.91 Å². The Morgan fingerprint density at radius 3 is 2.18 bits per heavy atom. The summed E-state index contributed by atoms with van der Waals surface area (Å²) in [7, 11) is 0. The minimum absolute atomic E-state index is 0.0523. The number of aliphatic hydroxyl groups is 1. The van der Waals surface area contributed by atoms with Crippen LogP contribution in [0.25, 0.3) is 0 Å². The molecular formula is C35H38F3N5O7. The summed E-state index contributed by atoms with van der Waals surface area (Å²) >= 11 is 0. The molecule has 0 aromatic heterocycles. The van der Waals surface area contributed by atoms with Crippen LogP contribution in [-0.2, 0) is 25.7 Å². The SMILES string of the molecule is O=C(Nc1ccc([C@H]2O[C@@H](CN3CCN(c4ccc([N+](=O)[O-])cc4)CC3)C[C@@H](c3ccc(CO)cc3)O2)cc1)[C@@H]1CCCN1C(=O)C(F)(F)F. The monoisotopic (exact) mass is 697 g/mol. The zero-order valence-electron chi connectivity index (χ0n) is 27.1. The van der Waals surface area contributed by atoms with Gasteiger partial charge in [0, 0.05) is 74.8 Å². The zero-order valence-corrected chi connectivity index (χ0v) is 27.1. The van der Waals surface area contributed by atoms with Crippen LogP contribution in [0.5, 0.6) is 0 Å². The Labute approximate surface area is 286 Å². The molecule has 0 aliphatic carbocycles. The van der Waals surface area contributed by atoms with Gasteiger partial charge in [0.1, 0.15) is 6.04 Å². The van der Waals surface area contributed by atoms with Gasteiger partial charge in [0.15, 0.2) is 6.29 Å². The maximum Gasteiger partial charge on any atom is 0.471 e. The first kappa shape index (κ1) is 35.3. The molecule has 3 aliphatic heterocycles. The molecular weight excluding hydrogens is 659 g/mol. The Morgan fingerprint density at radius 2 is 1.56 bits per heavy atom. The molecule has 3 fully saturated rings. The topological polar surface area (TPSA) is 138 Å². The molecule has 12 nitrogen and oxygen atoms in total. The number of rotatable bonds is 9. The number of halogens is 3. The minimum Gasteiger partial charge on any atom is -0.392 e. The largest absolute Gasteiger partial charge is 0.471 e. The third kappa shape index (κ3) is 8.24. The van der Waals surface area contributed by atoms with Crippen molar-refractivity contribution < 1.29 is 42.3 Å². The Hall–Kier alpha value is -4.57. The molecule has 3 aliphatic rings. The first-order valence-corrected chi connectivity index (χ1v) is 16.5. The number of alkyl halides is 3. The third-order valence-corrected chi connectivity index (χ3v) is 9.38. The van der Waals surface area contributed by atoms with Crippen molar-refractivity contribution in [2.45, 2.75) is 56.6 Å². The second-order valence-corrected chi connectivity index (χ2v) is 12.7. The molecule has 0 unspecified atom stereocenters. The predicted molar refractivity (Wildman–Crippen MR) is 176 cm³/mol. The number of nitro groups is 1. The van der Waals surface area contributed by atoms with Gasteiger partial charge >= 0.3 is 12.1 Å². The number of likely N-dealkylation sites (tertiary alicyclic amines) is 1. The Morgan fingerprint density at radius 1 is 0.900 bits per heavy atom. The summed E-state index contributed by atoms with van der Waals surface area (Å²) in [6, 6.07) is 19.6. The van der Waals surface area contributed by atoms with Crippen molar-refractivity contribution in [3.63, 3.8) is 0 Å². The molecule has 3 saturated heterocycles. The van der Waals surface area contributed by atoms with Gasteiger partial charge in [0.05, 0.1) is 23.7 Å². The number of anilines is 2. The lowest BCUT2D eigenvalue weighted by Gasteiger charge is -2.41. The number of nitrogens with zero attached hydrogens (tertiary/aromatic N) is 4. The molecule has 0 saturated carbocycles. The number of hydrogen-bond acceptors (Lipinski definition) is 9. The van der Waals surface area contributed by atoms with Crippen LogP contribution in [0.3, 0.4) is 0 Å². The van der Waals surface area contributed by atoms with Crippen LogP contribution in [-0.4, -0.2) is 89.2 Å². The van der Waals surface area contributed by atoms with Crippen molar-refractivity contribution in [3.05, 3.63) is 99.6 Å². The van der Waals surface area contributed by atoms with Crippen molar-refractivity contribution in [2.75, 3.05) is 49.5 Å². The van der Waals surface area contributed by atoms with E-state index in [1.807, 2.05) is 24.3 Å². The van der Waals surface area contributed by atoms with Crippen LogP contribution < -0.4 is 10.2 Å². The molecule has 266 valence electrons. The first-order chi connectivity index (χ1) is 24.0. The Balaban J connectivity index is 1.11. The van der Waals surface area contributed by atoms with Gasteiger partial charge in [-0.1, -0.05) is 36.4 Å². The van der Waals surface area contributed by atoms with Gasteiger partial charge in [0.25, 0.3) is 5.69 Å². The molecule has 3 aromatic rings.